The van der Waals surface area contributed by atoms with E-state index in [0.29, 0.717) is 23.3 Å². The van der Waals surface area contributed by atoms with Crippen LogP contribution in [0, 0.1) is 11.8 Å². The van der Waals surface area contributed by atoms with Gasteiger partial charge in [-0.05, 0) is 52.0 Å². The summed E-state index contributed by atoms with van der Waals surface area (Å²) in [5, 5.41) is 3.58. The van der Waals surface area contributed by atoms with Crippen LogP contribution in [0.5, 0.6) is 0 Å². The highest BCUT2D eigenvalue weighted by molar-refractivity contribution is 7.91. The number of unbranched alkanes of at least 4 members (excludes halogenated alkanes) is 4. The van der Waals surface area contributed by atoms with Crippen molar-refractivity contribution in [3.63, 3.8) is 0 Å². The SMILES string of the molecule is CCCCCCCC(CNC(C)(C)C)C1CCS(=O)(=O)C1. The van der Waals surface area contributed by atoms with Crippen LogP contribution in [0.3, 0.4) is 0 Å². The second-order valence-corrected chi connectivity index (χ2v) is 9.99. The van der Waals surface area contributed by atoms with E-state index in [1.54, 1.807) is 0 Å². The van der Waals surface area contributed by atoms with Crippen molar-refractivity contribution < 1.29 is 8.42 Å². The third kappa shape index (κ3) is 8.20. The Bertz CT molecular complexity index is 384. The van der Waals surface area contributed by atoms with Crippen molar-refractivity contribution in [3.05, 3.63) is 0 Å². The lowest BCUT2D eigenvalue weighted by Gasteiger charge is -2.28. The van der Waals surface area contributed by atoms with Gasteiger partial charge in [0.25, 0.3) is 0 Å². The van der Waals surface area contributed by atoms with Crippen molar-refractivity contribution in [1.82, 2.24) is 5.32 Å². The van der Waals surface area contributed by atoms with Gasteiger partial charge in [-0.3, -0.25) is 0 Å². The fourth-order valence-electron chi connectivity index (χ4n) is 3.15. The average Bonchev–Trinajstić information content (AvgIpc) is 2.72. The third-order valence-electron chi connectivity index (χ3n) is 4.51. The van der Waals surface area contributed by atoms with Crippen LogP contribution in [-0.4, -0.2) is 32.0 Å². The third-order valence-corrected chi connectivity index (χ3v) is 6.30. The maximum atomic E-state index is 11.7. The van der Waals surface area contributed by atoms with Gasteiger partial charge in [0, 0.05) is 5.54 Å². The molecule has 1 heterocycles. The van der Waals surface area contributed by atoms with Crippen LogP contribution in [0.25, 0.3) is 0 Å². The highest BCUT2D eigenvalue weighted by Crippen LogP contribution is 2.29. The molecule has 4 heteroatoms. The number of hydrogen-bond donors (Lipinski definition) is 1. The summed E-state index contributed by atoms with van der Waals surface area (Å²) < 4.78 is 23.5. The number of rotatable bonds is 9. The first-order chi connectivity index (χ1) is 9.73. The molecule has 0 saturated carbocycles. The first-order valence-electron chi connectivity index (χ1n) is 8.69. The van der Waals surface area contributed by atoms with Crippen molar-refractivity contribution in [3.8, 4) is 0 Å². The van der Waals surface area contributed by atoms with Gasteiger partial charge >= 0.3 is 0 Å². The molecule has 2 unspecified atom stereocenters. The van der Waals surface area contributed by atoms with Gasteiger partial charge in [-0.2, -0.15) is 0 Å². The second-order valence-electron chi connectivity index (χ2n) is 7.76. The molecule has 0 spiro atoms. The fourth-order valence-corrected chi connectivity index (χ4v) is 5.07. The molecule has 1 saturated heterocycles. The molecule has 0 radical (unpaired) electrons. The van der Waals surface area contributed by atoms with Crippen LogP contribution in [0.15, 0.2) is 0 Å². The molecule has 2 atom stereocenters. The molecule has 0 aromatic rings. The van der Waals surface area contributed by atoms with Crippen LogP contribution in [0.2, 0.25) is 0 Å². The van der Waals surface area contributed by atoms with E-state index in [4.69, 9.17) is 0 Å². The van der Waals surface area contributed by atoms with Crippen molar-refractivity contribution in [2.24, 2.45) is 11.8 Å². The summed E-state index contributed by atoms with van der Waals surface area (Å²) in [6, 6.07) is 0. The Labute approximate surface area is 132 Å². The Morgan fingerprint density at radius 1 is 1.14 bits per heavy atom. The first kappa shape index (κ1) is 19.0. The van der Waals surface area contributed by atoms with Crippen molar-refractivity contribution in [2.75, 3.05) is 18.1 Å². The molecular formula is C17H35NO2S. The molecule has 1 N–H and O–H groups in total. The Morgan fingerprint density at radius 3 is 2.33 bits per heavy atom. The van der Waals surface area contributed by atoms with E-state index >= 15 is 0 Å². The normalized spacial score (nSPS) is 23.3. The lowest BCUT2D eigenvalue weighted by atomic mass is 9.86. The fraction of sp³-hybridized carbons (Fsp3) is 1.00. The monoisotopic (exact) mass is 317 g/mol. The minimum atomic E-state index is -2.76. The number of sulfone groups is 1. The minimum absolute atomic E-state index is 0.109. The molecule has 0 aromatic heterocycles. The van der Waals surface area contributed by atoms with E-state index in [2.05, 4.69) is 33.0 Å². The van der Waals surface area contributed by atoms with E-state index in [9.17, 15) is 8.42 Å². The molecule has 1 aliphatic heterocycles. The number of hydrogen-bond acceptors (Lipinski definition) is 3. The van der Waals surface area contributed by atoms with Crippen molar-refractivity contribution >= 4 is 9.84 Å². The molecule has 3 nitrogen and oxygen atoms in total. The van der Waals surface area contributed by atoms with Gasteiger partial charge in [0.15, 0.2) is 9.84 Å². The zero-order valence-electron chi connectivity index (χ0n) is 14.5. The molecule has 1 aliphatic rings. The highest BCUT2D eigenvalue weighted by atomic mass is 32.2. The quantitative estimate of drug-likeness (QED) is 0.658. The largest absolute Gasteiger partial charge is 0.312 e. The minimum Gasteiger partial charge on any atom is -0.312 e. The predicted molar refractivity (Wildman–Crippen MR) is 91.4 cm³/mol. The predicted octanol–water partition coefficient (Wildman–Crippen LogP) is 3.79. The van der Waals surface area contributed by atoms with Gasteiger partial charge in [0.1, 0.15) is 0 Å². The Hall–Kier alpha value is -0.0900. The Balaban J connectivity index is 2.46. The molecule has 126 valence electrons. The van der Waals surface area contributed by atoms with Gasteiger partial charge in [-0.15, -0.1) is 0 Å². The van der Waals surface area contributed by atoms with Crippen molar-refractivity contribution in [2.45, 2.75) is 78.2 Å². The van der Waals surface area contributed by atoms with E-state index < -0.39 is 9.84 Å². The smallest absolute Gasteiger partial charge is 0.150 e. The van der Waals surface area contributed by atoms with Crippen LogP contribution in [0.4, 0.5) is 0 Å². The van der Waals surface area contributed by atoms with E-state index in [0.717, 1.165) is 13.0 Å². The van der Waals surface area contributed by atoms with Gasteiger partial charge in [0.05, 0.1) is 11.5 Å². The maximum Gasteiger partial charge on any atom is 0.150 e. The van der Waals surface area contributed by atoms with Crippen molar-refractivity contribution in [1.29, 1.82) is 0 Å². The molecule has 0 bridgehead atoms. The summed E-state index contributed by atoms with van der Waals surface area (Å²) in [5.41, 5.74) is 0.109. The van der Waals surface area contributed by atoms with Gasteiger partial charge in [-0.25, -0.2) is 8.42 Å². The number of nitrogens with one attached hydrogen (secondary N) is 1. The molecule has 0 aliphatic carbocycles. The first-order valence-corrected chi connectivity index (χ1v) is 10.5. The summed E-state index contributed by atoms with van der Waals surface area (Å²) in [4.78, 5) is 0. The average molecular weight is 318 g/mol. The maximum absolute atomic E-state index is 11.7. The molecular weight excluding hydrogens is 282 g/mol. The lowest BCUT2D eigenvalue weighted by Crippen LogP contribution is -2.41. The van der Waals surface area contributed by atoms with Gasteiger partial charge in [-0.1, -0.05) is 39.0 Å². The summed E-state index contributed by atoms with van der Waals surface area (Å²) in [7, 11) is -2.76. The molecule has 1 fully saturated rings. The standard InChI is InChI=1S/C17H35NO2S/c1-5-6-7-8-9-10-15(13-18-17(2,3)4)16-11-12-21(19,20)14-16/h15-16,18H,5-14H2,1-4H3. The lowest BCUT2D eigenvalue weighted by molar-refractivity contribution is 0.282. The summed E-state index contributed by atoms with van der Waals surface area (Å²) in [6.07, 6.45) is 8.49. The zero-order valence-corrected chi connectivity index (χ0v) is 15.3. The summed E-state index contributed by atoms with van der Waals surface area (Å²) >= 11 is 0. The molecule has 0 aromatic carbocycles. The summed E-state index contributed by atoms with van der Waals surface area (Å²) in [5.74, 6) is 1.71. The van der Waals surface area contributed by atoms with Gasteiger partial charge in [0.2, 0.25) is 0 Å². The van der Waals surface area contributed by atoms with E-state index in [-0.39, 0.29) is 5.54 Å². The van der Waals surface area contributed by atoms with E-state index in [1.165, 1.54) is 38.5 Å². The molecule has 1 rings (SSSR count). The van der Waals surface area contributed by atoms with Crippen LogP contribution < -0.4 is 5.32 Å². The topological polar surface area (TPSA) is 46.2 Å². The van der Waals surface area contributed by atoms with E-state index in [1.807, 2.05) is 0 Å². The van der Waals surface area contributed by atoms with Gasteiger partial charge < -0.3 is 5.32 Å². The highest BCUT2D eigenvalue weighted by Gasteiger charge is 2.33. The Morgan fingerprint density at radius 2 is 1.81 bits per heavy atom. The second kappa shape index (κ2) is 8.52. The van der Waals surface area contributed by atoms with Crippen LogP contribution in [-0.2, 0) is 9.84 Å². The Kier molecular flexibility index (Phi) is 7.69. The molecule has 21 heavy (non-hydrogen) atoms. The summed E-state index contributed by atoms with van der Waals surface area (Å²) in [6.45, 7) is 9.72. The van der Waals surface area contributed by atoms with Crippen LogP contribution in [0.1, 0.15) is 72.6 Å². The molecule has 0 amide bonds. The zero-order chi connectivity index (χ0) is 15.9. The van der Waals surface area contributed by atoms with Crippen LogP contribution >= 0.6 is 0 Å².